The van der Waals surface area contributed by atoms with Crippen LogP contribution in [-0.4, -0.2) is 41.1 Å². The van der Waals surface area contributed by atoms with Crippen LogP contribution in [-0.2, 0) is 0 Å². The van der Waals surface area contributed by atoms with Crippen LogP contribution in [0.2, 0.25) is 0 Å². The fourth-order valence-electron chi connectivity index (χ4n) is 2.26. The van der Waals surface area contributed by atoms with Crippen LogP contribution in [0.4, 0.5) is 5.82 Å². The third-order valence-electron chi connectivity index (χ3n) is 3.44. The standard InChI is InChI=1S/C13H20N4S/c1-2-17-6-5-10(9-17)7-15-12-4-3-11(8-16-12)13(14)18/h3-4,8,10H,2,5-7,9H2,1H3,(H2,14,18)(H,15,16). The molecule has 0 amide bonds. The first-order valence-corrected chi connectivity index (χ1v) is 6.82. The fourth-order valence-corrected chi connectivity index (χ4v) is 2.38. The first kappa shape index (κ1) is 13.2. The number of hydrogen-bond donors (Lipinski definition) is 2. The zero-order valence-corrected chi connectivity index (χ0v) is 11.5. The number of rotatable bonds is 5. The molecule has 0 saturated carbocycles. The minimum absolute atomic E-state index is 0.392. The molecule has 1 aromatic rings. The highest BCUT2D eigenvalue weighted by atomic mass is 32.1. The largest absolute Gasteiger partial charge is 0.389 e. The SMILES string of the molecule is CCN1CCC(CNc2ccc(C(N)=S)cn2)C1. The Labute approximate surface area is 114 Å². The quantitative estimate of drug-likeness (QED) is 0.789. The predicted octanol–water partition coefficient (Wildman–Crippen LogP) is 1.47. The van der Waals surface area contributed by atoms with E-state index in [1.165, 1.54) is 19.5 Å². The van der Waals surface area contributed by atoms with Crippen LogP contribution in [0.15, 0.2) is 18.3 Å². The number of aromatic nitrogens is 1. The van der Waals surface area contributed by atoms with Gasteiger partial charge in [-0.1, -0.05) is 19.1 Å². The highest BCUT2D eigenvalue weighted by molar-refractivity contribution is 7.80. The van der Waals surface area contributed by atoms with Gasteiger partial charge < -0.3 is 16.0 Å². The van der Waals surface area contributed by atoms with Gasteiger partial charge in [-0.15, -0.1) is 0 Å². The lowest BCUT2D eigenvalue weighted by Crippen LogP contribution is -2.22. The van der Waals surface area contributed by atoms with Crippen molar-refractivity contribution in [1.82, 2.24) is 9.88 Å². The molecular weight excluding hydrogens is 244 g/mol. The molecule has 5 heteroatoms. The summed E-state index contributed by atoms with van der Waals surface area (Å²) in [4.78, 5) is 7.18. The Morgan fingerprint density at radius 1 is 1.61 bits per heavy atom. The number of anilines is 1. The van der Waals surface area contributed by atoms with Crippen molar-refractivity contribution in [1.29, 1.82) is 0 Å². The van der Waals surface area contributed by atoms with Crippen LogP contribution >= 0.6 is 12.2 Å². The van der Waals surface area contributed by atoms with Crippen LogP contribution in [0.25, 0.3) is 0 Å². The molecule has 2 rings (SSSR count). The smallest absolute Gasteiger partial charge is 0.125 e. The van der Waals surface area contributed by atoms with Crippen LogP contribution < -0.4 is 11.1 Å². The molecule has 1 fully saturated rings. The van der Waals surface area contributed by atoms with Gasteiger partial charge in [0.15, 0.2) is 0 Å². The molecule has 1 aliphatic rings. The molecule has 3 N–H and O–H groups in total. The highest BCUT2D eigenvalue weighted by Crippen LogP contribution is 2.16. The van der Waals surface area contributed by atoms with Crippen molar-refractivity contribution in [2.75, 3.05) is 31.5 Å². The Bertz CT molecular complexity index is 404. The molecule has 1 aromatic heterocycles. The minimum Gasteiger partial charge on any atom is -0.389 e. The van der Waals surface area contributed by atoms with E-state index in [-0.39, 0.29) is 0 Å². The first-order valence-electron chi connectivity index (χ1n) is 6.41. The minimum atomic E-state index is 0.392. The molecule has 98 valence electrons. The maximum absolute atomic E-state index is 5.53. The van der Waals surface area contributed by atoms with Crippen molar-refractivity contribution in [2.45, 2.75) is 13.3 Å². The van der Waals surface area contributed by atoms with Gasteiger partial charge in [0.05, 0.1) is 0 Å². The average molecular weight is 264 g/mol. The van der Waals surface area contributed by atoms with Crippen molar-refractivity contribution in [3.63, 3.8) is 0 Å². The number of thiocarbonyl (C=S) groups is 1. The summed E-state index contributed by atoms with van der Waals surface area (Å²) in [6.45, 7) is 6.75. The molecule has 1 aliphatic heterocycles. The molecular formula is C13H20N4S. The van der Waals surface area contributed by atoms with Gasteiger partial charge in [-0.05, 0) is 37.6 Å². The summed E-state index contributed by atoms with van der Waals surface area (Å²) < 4.78 is 0. The van der Waals surface area contributed by atoms with Crippen LogP contribution in [0.5, 0.6) is 0 Å². The number of pyridine rings is 1. The van der Waals surface area contributed by atoms with Gasteiger partial charge in [0.25, 0.3) is 0 Å². The number of nitrogens with zero attached hydrogens (tertiary/aromatic N) is 2. The third kappa shape index (κ3) is 3.40. The van der Waals surface area contributed by atoms with Crippen molar-refractivity contribution in [3.05, 3.63) is 23.9 Å². The molecule has 1 unspecified atom stereocenters. The molecule has 0 bridgehead atoms. The van der Waals surface area contributed by atoms with E-state index in [1.54, 1.807) is 6.20 Å². The Hall–Kier alpha value is -1.20. The maximum atomic E-state index is 5.53. The van der Waals surface area contributed by atoms with Gasteiger partial charge in [-0.25, -0.2) is 4.98 Å². The fraction of sp³-hybridized carbons (Fsp3) is 0.538. The van der Waals surface area contributed by atoms with Gasteiger partial charge in [0.2, 0.25) is 0 Å². The monoisotopic (exact) mass is 264 g/mol. The number of likely N-dealkylation sites (tertiary alicyclic amines) is 1. The van der Waals surface area contributed by atoms with E-state index in [4.69, 9.17) is 18.0 Å². The number of hydrogen-bond acceptors (Lipinski definition) is 4. The molecule has 4 nitrogen and oxygen atoms in total. The molecule has 0 aromatic carbocycles. The molecule has 18 heavy (non-hydrogen) atoms. The van der Waals surface area contributed by atoms with Gasteiger partial charge in [-0.2, -0.15) is 0 Å². The Morgan fingerprint density at radius 2 is 2.44 bits per heavy atom. The molecule has 0 spiro atoms. The summed E-state index contributed by atoms with van der Waals surface area (Å²) in [6.07, 6.45) is 2.99. The van der Waals surface area contributed by atoms with Crippen LogP contribution in [0.3, 0.4) is 0 Å². The van der Waals surface area contributed by atoms with Gasteiger partial charge >= 0.3 is 0 Å². The number of nitrogens with two attached hydrogens (primary N) is 1. The van der Waals surface area contributed by atoms with E-state index < -0.39 is 0 Å². The predicted molar refractivity (Wildman–Crippen MR) is 78.8 cm³/mol. The van der Waals surface area contributed by atoms with E-state index in [0.717, 1.165) is 30.4 Å². The normalized spacial score (nSPS) is 19.9. The van der Waals surface area contributed by atoms with Crippen molar-refractivity contribution < 1.29 is 0 Å². The Morgan fingerprint density at radius 3 is 3.00 bits per heavy atom. The van der Waals surface area contributed by atoms with Crippen molar-refractivity contribution in [3.8, 4) is 0 Å². The zero-order chi connectivity index (χ0) is 13.0. The summed E-state index contributed by atoms with van der Waals surface area (Å²) in [5, 5.41) is 3.38. The number of nitrogens with one attached hydrogen (secondary N) is 1. The Kier molecular flexibility index (Phi) is 4.49. The average Bonchev–Trinajstić information content (AvgIpc) is 2.85. The van der Waals surface area contributed by atoms with E-state index >= 15 is 0 Å². The maximum Gasteiger partial charge on any atom is 0.125 e. The highest BCUT2D eigenvalue weighted by Gasteiger charge is 2.20. The second-order valence-corrected chi connectivity index (χ2v) is 5.17. The lowest BCUT2D eigenvalue weighted by molar-refractivity contribution is 0.345. The summed E-state index contributed by atoms with van der Waals surface area (Å²) in [6, 6.07) is 3.84. The summed E-state index contributed by atoms with van der Waals surface area (Å²) in [5.41, 5.74) is 6.35. The van der Waals surface area contributed by atoms with Gasteiger partial charge in [0.1, 0.15) is 10.8 Å². The molecule has 1 saturated heterocycles. The van der Waals surface area contributed by atoms with Gasteiger partial charge in [-0.3, -0.25) is 0 Å². The Balaban J connectivity index is 1.82. The topological polar surface area (TPSA) is 54.2 Å². The zero-order valence-electron chi connectivity index (χ0n) is 10.7. The van der Waals surface area contributed by atoms with E-state index in [9.17, 15) is 0 Å². The third-order valence-corrected chi connectivity index (χ3v) is 3.67. The van der Waals surface area contributed by atoms with Crippen molar-refractivity contribution >= 4 is 23.0 Å². The first-order chi connectivity index (χ1) is 8.69. The van der Waals surface area contributed by atoms with E-state index in [2.05, 4.69) is 22.1 Å². The molecule has 0 radical (unpaired) electrons. The summed E-state index contributed by atoms with van der Waals surface area (Å²) in [5.74, 6) is 1.62. The van der Waals surface area contributed by atoms with E-state index in [0.29, 0.717) is 4.99 Å². The summed E-state index contributed by atoms with van der Waals surface area (Å²) in [7, 11) is 0. The van der Waals surface area contributed by atoms with Crippen molar-refractivity contribution in [2.24, 2.45) is 11.7 Å². The van der Waals surface area contributed by atoms with Gasteiger partial charge in [0, 0.05) is 24.8 Å². The van der Waals surface area contributed by atoms with Crippen LogP contribution in [0, 0.1) is 5.92 Å². The molecule has 1 atom stereocenters. The second kappa shape index (κ2) is 6.11. The van der Waals surface area contributed by atoms with Crippen LogP contribution in [0.1, 0.15) is 18.9 Å². The summed E-state index contributed by atoms with van der Waals surface area (Å²) >= 11 is 4.90. The lowest BCUT2D eigenvalue weighted by Gasteiger charge is -2.14. The molecule has 0 aliphatic carbocycles. The second-order valence-electron chi connectivity index (χ2n) is 4.73. The lowest BCUT2D eigenvalue weighted by atomic mass is 10.1. The molecule has 2 heterocycles. The van der Waals surface area contributed by atoms with E-state index in [1.807, 2.05) is 12.1 Å².